The van der Waals surface area contributed by atoms with Gasteiger partial charge in [0, 0.05) is 45.2 Å². The smallest absolute Gasteiger partial charge is 0.228 e. The number of hydrogen-bond donors (Lipinski definition) is 0. The van der Waals surface area contributed by atoms with Crippen molar-refractivity contribution in [3.8, 4) is 11.5 Å². The molecule has 2 saturated heterocycles. The fraction of sp³-hybridized carbons (Fsp3) is 0.600. The SMILES string of the molecule is COc1ccc(OC)c(N2CC(C(=O)N3CCC(N(C)S(C)(=O)=O)CC3)CC2=O)c1. The number of anilines is 1. The van der Waals surface area contributed by atoms with E-state index in [0.717, 1.165) is 0 Å². The number of sulfonamides is 1. The second kappa shape index (κ2) is 8.81. The molecule has 3 rings (SSSR count). The highest BCUT2D eigenvalue weighted by atomic mass is 32.2. The molecule has 0 aromatic heterocycles. The zero-order valence-electron chi connectivity index (χ0n) is 17.8. The van der Waals surface area contributed by atoms with Gasteiger partial charge >= 0.3 is 0 Å². The van der Waals surface area contributed by atoms with Crippen molar-refractivity contribution in [2.24, 2.45) is 5.92 Å². The number of ether oxygens (including phenoxy) is 2. The van der Waals surface area contributed by atoms with Crippen molar-refractivity contribution >= 4 is 27.5 Å². The Morgan fingerprint density at radius 2 is 1.83 bits per heavy atom. The Kier molecular flexibility index (Phi) is 6.56. The van der Waals surface area contributed by atoms with Gasteiger partial charge in [-0.2, -0.15) is 0 Å². The summed E-state index contributed by atoms with van der Waals surface area (Å²) in [6.07, 6.45) is 2.51. The molecule has 30 heavy (non-hydrogen) atoms. The first kappa shape index (κ1) is 22.4. The molecule has 0 saturated carbocycles. The van der Waals surface area contributed by atoms with Crippen LogP contribution in [0, 0.1) is 5.92 Å². The molecule has 10 heteroatoms. The molecule has 1 atom stereocenters. The Hall–Kier alpha value is -2.33. The maximum atomic E-state index is 13.0. The molecule has 0 radical (unpaired) electrons. The Labute approximate surface area is 177 Å². The fourth-order valence-corrected chi connectivity index (χ4v) is 4.84. The first-order chi connectivity index (χ1) is 14.2. The molecule has 0 spiro atoms. The van der Waals surface area contributed by atoms with Gasteiger partial charge in [-0.3, -0.25) is 9.59 Å². The maximum absolute atomic E-state index is 13.0. The molecule has 1 aromatic rings. The Morgan fingerprint density at radius 3 is 2.40 bits per heavy atom. The van der Waals surface area contributed by atoms with Crippen molar-refractivity contribution in [3.05, 3.63) is 18.2 Å². The molecule has 9 nitrogen and oxygen atoms in total. The second-order valence-corrected chi connectivity index (χ2v) is 9.82. The maximum Gasteiger partial charge on any atom is 0.228 e. The van der Waals surface area contributed by atoms with Gasteiger partial charge in [0.25, 0.3) is 0 Å². The van der Waals surface area contributed by atoms with Gasteiger partial charge in [0.2, 0.25) is 21.8 Å². The lowest BCUT2D eigenvalue weighted by atomic mass is 10.0. The summed E-state index contributed by atoms with van der Waals surface area (Å²) in [5.41, 5.74) is 0.589. The Morgan fingerprint density at radius 1 is 1.17 bits per heavy atom. The molecule has 2 amide bonds. The van der Waals surface area contributed by atoms with Crippen LogP contribution in [0.3, 0.4) is 0 Å². The van der Waals surface area contributed by atoms with E-state index in [2.05, 4.69) is 0 Å². The summed E-state index contributed by atoms with van der Waals surface area (Å²) in [6, 6.07) is 5.12. The number of rotatable bonds is 6. The highest BCUT2D eigenvalue weighted by Crippen LogP contribution is 2.36. The highest BCUT2D eigenvalue weighted by molar-refractivity contribution is 7.88. The van der Waals surface area contributed by atoms with Gasteiger partial charge < -0.3 is 19.3 Å². The third-order valence-electron chi connectivity index (χ3n) is 5.96. The summed E-state index contributed by atoms with van der Waals surface area (Å²) < 4.78 is 35.5. The van der Waals surface area contributed by atoms with E-state index in [-0.39, 0.29) is 30.8 Å². The summed E-state index contributed by atoms with van der Waals surface area (Å²) in [7, 11) is 1.40. The number of likely N-dealkylation sites (tertiary alicyclic amines) is 1. The number of benzene rings is 1. The van der Waals surface area contributed by atoms with Crippen LogP contribution in [0.1, 0.15) is 19.3 Å². The summed E-state index contributed by atoms with van der Waals surface area (Å²) in [4.78, 5) is 29.0. The van der Waals surface area contributed by atoms with Gasteiger partial charge in [0.05, 0.1) is 32.1 Å². The van der Waals surface area contributed by atoms with Crippen molar-refractivity contribution in [1.29, 1.82) is 0 Å². The minimum absolute atomic E-state index is 0.0619. The third kappa shape index (κ3) is 4.54. The van der Waals surface area contributed by atoms with E-state index in [4.69, 9.17) is 9.47 Å². The van der Waals surface area contributed by atoms with Crippen LogP contribution in [-0.4, -0.2) is 82.6 Å². The largest absolute Gasteiger partial charge is 0.497 e. The Bertz CT molecular complexity index is 911. The topological polar surface area (TPSA) is 96.5 Å². The van der Waals surface area contributed by atoms with Crippen LogP contribution in [0.5, 0.6) is 11.5 Å². The molecular formula is C20H29N3O6S. The molecule has 1 aromatic carbocycles. The lowest BCUT2D eigenvalue weighted by Gasteiger charge is -2.36. The molecule has 166 valence electrons. The molecular weight excluding hydrogens is 410 g/mol. The normalized spacial score (nSPS) is 20.7. The van der Waals surface area contributed by atoms with Gasteiger partial charge in [-0.25, -0.2) is 12.7 Å². The van der Waals surface area contributed by atoms with E-state index in [9.17, 15) is 18.0 Å². The van der Waals surface area contributed by atoms with Crippen LogP contribution in [0.2, 0.25) is 0 Å². The van der Waals surface area contributed by atoms with E-state index in [0.29, 0.717) is 43.1 Å². The van der Waals surface area contributed by atoms with E-state index in [1.54, 1.807) is 42.2 Å². The van der Waals surface area contributed by atoms with Gasteiger partial charge in [-0.15, -0.1) is 0 Å². The molecule has 2 heterocycles. The van der Waals surface area contributed by atoms with Crippen LogP contribution >= 0.6 is 0 Å². The molecule has 0 bridgehead atoms. The lowest BCUT2D eigenvalue weighted by molar-refractivity contribution is -0.137. The molecule has 2 aliphatic rings. The number of amides is 2. The zero-order valence-corrected chi connectivity index (χ0v) is 18.6. The Balaban J connectivity index is 1.67. The number of nitrogens with zero attached hydrogens (tertiary/aromatic N) is 3. The van der Waals surface area contributed by atoms with Crippen molar-refractivity contribution in [2.45, 2.75) is 25.3 Å². The quantitative estimate of drug-likeness (QED) is 0.655. The molecule has 1 unspecified atom stereocenters. The summed E-state index contributed by atoms with van der Waals surface area (Å²) in [5, 5.41) is 0. The summed E-state index contributed by atoms with van der Waals surface area (Å²) in [6.45, 7) is 1.25. The van der Waals surface area contributed by atoms with Gasteiger partial charge in [-0.1, -0.05) is 0 Å². The minimum atomic E-state index is -3.26. The van der Waals surface area contributed by atoms with Crippen LogP contribution in [-0.2, 0) is 19.6 Å². The van der Waals surface area contributed by atoms with Gasteiger partial charge in [0.15, 0.2) is 0 Å². The number of piperidine rings is 1. The molecule has 2 aliphatic heterocycles. The summed E-state index contributed by atoms with van der Waals surface area (Å²) in [5.74, 6) is 0.518. The van der Waals surface area contributed by atoms with Crippen molar-refractivity contribution in [3.63, 3.8) is 0 Å². The number of carbonyl (C=O) groups excluding carboxylic acids is 2. The molecule has 2 fully saturated rings. The fourth-order valence-electron chi connectivity index (χ4n) is 4.09. The van der Waals surface area contributed by atoms with Crippen molar-refractivity contribution < 1.29 is 27.5 Å². The third-order valence-corrected chi connectivity index (χ3v) is 7.31. The highest BCUT2D eigenvalue weighted by Gasteiger charge is 2.39. The van der Waals surface area contributed by atoms with E-state index in [1.807, 2.05) is 0 Å². The standard InChI is InChI=1S/C20H29N3O6S/c1-21(30(4,26)27)15-7-9-22(10-8-15)20(25)14-11-19(24)23(13-14)17-12-16(28-2)5-6-18(17)29-3/h5-6,12,14-15H,7-11,13H2,1-4H3. The average molecular weight is 440 g/mol. The van der Waals surface area contributed by atoms with E-state index in [1.165, 1.54) is 17.7 Å². The first-order valence-corrected chi connectivity index (χ1v) is 11.7. The number of carbonyl (C=O) groups is 2. The van der Waals surface area contributed by atoms with Gasteiger partial charge in [-0.05, 0) is 25.0 Å². The van der Waals surface area contributed by atoms with Crippen LogP contribution < -0.4 is 14.4 Å². The van der Waals surface area contributed by atoms with Crippen LogP contribution in [0.4, 0.5) is 5.69 Å². The first-order valence-electron chi connectivity index (χ1n) is 9.90. The molecule has 0 N–H and O–H groups in total. The van der Waals surface area contributed by atoms with Crippen LogP contribution in [0.15, 0.2) is 18.2 Å². The zero-order chi connectivity index (χ0) is 22.1. The van der Waals surface area contributed by atoms with Crippen molar-refractivity contribution in [2.75, 3.05) is 52.1 Å². The lowest BCUT2D eigenvalue weighted by Crippen LogP contribution is -2.48. The monoisotopic (exact) mass is 439 g/mol. The predicted octanol–water partition coefficient (Wildman–Crippen LogP) is 0.939. The van der Waals surface area contributed by atoms with Crippen molar-refractivity contribution in [1.82, 2.24) is 9.21 Å². The van der Waals surface area contributed by atoms with E-state index < -0.39 is 15.9 Å². The second-order valence-electron chi connectivity index (χ2n) is 7.78. The van der Waals surface area contributed by atoms with Gasteiger partial charge in [0.1, 0.15) is 11.5 Å². The van der Waals surface area contributed by atoms with Crippen LogP contribution in [0.25, 0.3) is 0 Å². The molecule has 0 aliphatic carbocycles. The number of methoxy groups -OCH3 is 2. The minimum Gasteiger partial charge on any atom is -0.497 e. The average Bonchev–Trinajstić information content (AvgIpc) is 3.13. The summed E-state index contributed by atoms with van der Waals surface area (Å²) >= 11 is 0. The predicted molar refractivity (Wildman–Crippen MR) is 112 cm³/mol. The number of hydrogen-bond acceptors (Lipinski definition) is 6. The van der Waals surface area contributed by atoms with E-state index >= 15 is 0 Å².